The van der Waals surface area contributed by atoms with Gasteiger partial charge in [-0.3, -0.25) is 4.79 Å². The fourth-order valence-electron chi connectivity index (χ4n) is 1.91. The molecule has 0 spiro atoms. The Bertz CT molecular complexity index is 555. The second kappa shape index (κ2) is 5.91. The summed E-state index contributed by atoms with van der Waals surface area (Å²) >= 11 is 0. The molecule has 0 aliphatic rings. The minimum absolute atomic E-state index is 0.451. The highest BCUT2D eigenvalue weighted by atomic mass is 16.5. The highest BCUT2D eigenvalue weighted by Crippen LogP contribution is 2.27. The lowest BCUT2D eigenvalue weighted by molar-refractivity contribution is -0.118. The van der Waals surface area contributed by atoms with Crippen molar-refractivity contribution < 1.29 is 9.53 Å². The molecule has 2 aromatic rings. The van der Waals surface area contributed by atoms with Crippen molar-refractivity contribution in [1.82, 2.24) is 0 Å². The van der Waals surface area contributed by atoms with Gasteiger partial charge in [-0.15, -0.1) is 0 Å². The smallest absolute Gasteiger partial charge is 0.244 e. The molecule has 0 aliphatic heterocycles. The van der Waals surface area contributed by atoms with Gasteiger partial charge in [0.05, 0.1) is 7.11 Å². The lowest BCUT2D eigenvalue weighted by Gasteiger charge is -2.19. The largest absolute Gasteiger partial charge is 0.496 e. The Balaban J connectivity index is 2.33. The summed E-state index contributed by atoms with van der Waals surface area (Å²) in [7, 11) is 1.57. The molecule has 4 nitrogen and oxygen atoms in total. The van der Waals surface area contributed by atoms with Crippen molar-refractivity contribution in [2.45, 2.75) is 6.04 Å². The van der Waals surface area contributed by atoms with Gasteiger partial charge in [-0.05, 0) is 18.2 Å². The number of para-hydroxylation sites is 2. The van der Waals surface area contributed by atoms with Crippen molar-refractivity contribution in [2.75, 3.05) is 12.4 Å². The van der Waals surface area contributed by atoms with Gasteiger partial charge >= 0.3 is 0 Å². The number of methoxy groups -OCH3 is 1. The molecule has 2 rings (SSSR count). The minimum Gasteiger partial charge on any atom is -0.496 e. The third kappa shape index (κ3) is 3.04. The molecule has 1 amide bonds. The SMILES string of the molecule is COc1ccccc1C(Nc1ccccc1)C(N)=O. The molecule has 2 aromatic carbocycles. The fourth-order valence-corrected chi connectivity index (χ4v) is 1.91. The van der Waals surface area contributed by atoms with Crippen molar-refractivity contribution in [3.8, 4) is 5.75 Å². The van der Waals surface area contributed by atoms with E-state index in [4.69, 9.17) is 10.5 Å². The third-order valence-corrected chi connectivity index (χ3v) is 2.82. The highest BCUT2D eigenvalue weighted by Gasteiger charge is 2.21. The highest BCUT2D eigenvalue weighted by molar-refractivity contribution is 5.85. The zero-order valence-corrected chi connectivity index (χ0v) is 10.7. The Morgan fingerprint density at radius 2 is 1.74 bits per heavy atom. The van der Waals surface area contributed by atoms with E-state index in [9.17, 15) is 4.79 Å². The monoisotopic (exact) mass is 256 g/mol. The molecule has 98 valence electrons. The lowest BCUT2D eigenvalue weighted by atomic mass is 10.0. The Morgan fingerprint density at radius 1 is 1.11 bits per heavy atom. The van der Waals surface area contributed by atoms with Crippen LogP contribution in [-0.2, 0) is 4.79 Å². The molecular weight excluding hydrogens is 240 g/mol. The predicted octanol–water partition coefficient (Wildman–Crippen LogP) is 2.33. The van der Waals surface area contributed by atoms with E-state index in [0.29, 0.717) is 5.75 Å². The van der Waals surface area contributed by atoms with Gasteiger partial charge in [0, 0.05) is 11.3 Å². The molecule has 0 heterocycles. The van der Waals surface area contributed by atoms with Crippen molar-refractivity contribution in [2.24, 2.45) is 5.73 Å². The van der Waals surface area contributed by atoms with Crippen LogP contribution < -0.4 is 15.8 Å². The van der Waals surface area contributed by atoms with Crippen molar-refractivity contribution in [1.29, 1.82) is 0 Å². The number of nitrogens with two attached hydrogens (primary N) is 1. The van der Waals surface area contributed by atoms with Crippen LogP contribution in [0.15, 0.2) is 54.6 Å². The predicted molar refractivity (Wildman–Crippen MR) is 75.0 cm³/mol. The molecule has 0 fully saturated rings. The topological polar surface area (TPSA) is 64.3 Å². The first-order valence-electron chi connectivity index (χ1n) is 5.96. The average molecular weight is 256 g/mol. The van der Waals surface area contributed by atoms with Gasteiger partial charge in [-0.2, -0.15) is 0 Å². The Hall–Kier alpha value is -2.49. The minimum atomic E-state index is -0.626. The molecule has 0 saturated heterocycles. The standard InChI is InChI=1S/C15H16N2O2/c1-19-13-10-6-5-9-12(13)14(15(16)18)17-11-7-3-2-4-8-11/h2-10,14,17H,1H3,(H2,16,18). The Kier molecular flexibility index (Phi) is 4.03. The van der Waals surface area contributed by atoms with Crippen LogP contribution in [0.5, 0.6) is 5.75 Å². The number of primary amides is 1. The van der Waals surface area contributed by atoms with E-state index in [1.807, 2.05) is 48.5 Å². The number of hydrogen-bond acceptors (Lipinski definition) is 3. The summed E-state index contributed by atoms with van der Waals surface area (Å²) in [5.41, 5.74) is 7.04. The van der Waals surface area contributed by atoms with E-state index < -0.39 is 11.9 Å². The zero-order chi connectivity index (χ0) is 13.7. The molecule has 1 atom stereocenters. The van der Waals surface area contributed by atoms with Crippen LogP contribution >= 0.6 is 0 Å². The molecule has 4 heteroatoms. The number of amides is 1. The summed E-state index contributed by atoms with van der Waals surface area (Å²) in [5, 5.41) is 3.11. The first-order chi connectivity index (χ1) is 9.22. The number of carbonyl (C=O) groups excluding carboxylic acids is 1. The van der Waals surface area contributed by atoms with E-state index in [0.717, 1.165) is 11.3 Å². The second-order valence-corrected chi connectivity index (χ2v) is 4.09. The number of hydrogen-bond donors (Lipinski definition) is 2. The number of nitrogens with one attached hydrogen (secondary N) is 1. The molecule has 0 aliphatic carbocycles. The normalized spacial score (nSPS) is 11.6. The molecule has 0 bridgehead atoms. The summed E-state index contributed by atoms with van der Waals surface area (Å²) in [5.74, 6) is 0.183. The van der Waals surface area contributed by atoms with Crippen molar-refractivity contribution >= 4 is 11.6 Å². The quantitative estimate of drug-likeness (QED) is 0.863. The fraction of sp³-hybridized carbons (Fsp3) is 0.133. The summed E-state index contributed by atoms with van der Waals surface area (Å²) in [4.78, 5) is 11.7. The van der Waals surface area contributed by atoms with Gasteiger partial charge in [0.15, 0.2) is 0 Å². The molecule has 0 radical (unpaired) electrons. The molecule has 3 N–H and O–H groups in total. The second-order valence-electron chi connectivity index (χ2n) is 4.09. The van der Waals surface area contributed by atoms with Gasteiger partial charge in [0.1, 0.15) is 11.8 Å². The number of anilines is 1. The number of benzene rings is 2. The maximum Gasteiger partial charge on any atom is 0.244 e. The molecule has 1 unspecified atom stereocenters. The molecule has 0 saturated carbocycles. The van der Waals surface area contributed by atoms with Crippen LogP contribution in [0.3, 0.4) is 0 Å². The first kappa shape index (κ1) is 13.0. The average Bonchev–Trinajstić information content (AvgIpc) is 2.45. The molecule has 0 aromatic heterocycles. The number of ether oxygens (including phenoxy) is 1. The van der Waals surface area contributed by atoms with E-state index in [2.05, 4.69) is 5.32 Å². The van der Waals surface area contributed by atoms with Crippen molar-refractivity contribution in [3.05, 3.63) is 60.2 Å². The van der Waals surface area contributed by atoms with Gasteiger partial charge in [0.25, 0.3) is 0 Å². The van der Waals surface area contributed by atoms with E-state index >= 15 is 0 Å². The van der Waals surface area contributed by atoms with Crippen LogP contribution in [0, 0.1) is 0 Å². The van der Waals surface area contributed by atoms with Crippen molar-refractivity contribution in [3.63, 3.8) is 0 Å². The van der Waals surface area contributed by atoms with Crippen LogP contribution in [-0.4, -0.2) is 13.0 Å². The number of carbonyl (C=O) groups is 1. The summed E-state index contributed by atoms with van der Waals surface area (Å²) in [6, 6.07) is 16.2. The third-order valence-electron chi connectivity index (χ3n) is 2.82. The zero-order valence-electron chi connectivity index (χ0n) is 10.7. The van der Waals surface area contributed by atoms with Gasteiger partial charge in [-0.25, -0.2) is 0 Å². The maximum atomic E-state index is 11.7. The Labute approximate surface area is 112 Å². The molecular formula is C15H16N2O2. The first-order valence-corrected chi connectivity index (χ1v) is 5.96. The summed E-state index contributed by atoms with van der Waals surface area (Å²) in [6.07, 6.45) is 0. The lowest BCUT2D eigenvalue weighted by Crippen LogP contribution is -2.28. The van der Waals surface area contributed by atoms with E-state index in [1.54, 1.807) is 13.2 Å². The van der Waals surface area contributed by atoms with E-state index in [1.165, 1.54) is 0 Å². The summed E-state index contributed by atoms with van der Waals surface area (Å²) < 4.78 is 5.27. The Morgan fingerprint density at radius 3 is 2.37 bits per heavy atom. The van der Waals surface area contributed by atoms with Crippen LogP contribution in [0.2, 0.25) is 0 Å². The van der Waals surface area contributed by atoms with Gasteiger partial charge in [0.2, 0.25) is 5.91 Å². The molecule has 19 heavy (non-hydrogen) atoms. The van der Waals surface area contributed by atoms with Gasteiger partial charge < -0.3 is 15.8 Å². The van der Waals surface area contributed by atoms with Crippen LogP contribution in [0.25, 0.3) is 0 Å². The number of rotatable bonds is 5. The van der Waals surface area contributed by atoms with Crippen LogP contribution in [0.4, 0.5) is 5.69 Å². The van der Waals surface area contributed by atoms with Crippen LogP contribution in [0.1, 0.15) is 11.6 Å². The summed E-state index contributed by atoms with van der Waals surface area (Å²) in [6.45, 7) is 0. The maximum absolute atomic E-state index is 11.7. The van der Waals surface area contributed by atoms with Gasteiger partial charge in [-0.1, -0.05) is 36.4 Å². The van der Waals surface area contributed by atoms with E-state index in [-0.39, 0.29) is 0 Å².